The molecule has 0 saturated carbocycles. The monoisotopic (exact) mass is 322 g/mol. The highest BCUT2D eigenvalue weighted by Crippen LogP contribution is 2.20. The highest BCUT2D eigenvalue weighted by molar-refractivity contribution is 5.84. The fourth-order valence-corrected chi connectivity index (χ4v) is 2.99. The molecule has 1 heterocycles. The van der Waals surface area contributed by atoms with Crippen LogP contribution < -0.4 is 5.32 Å². The molecule has 4 heteroatoms. The maximum absolute atomic E-state index is 12.3. The molecule has 0 aliphatic rings. The number of amides is 1. The van der Waals surface area contributed by atoms with Gasteiger partial charge in [0.05, 0.1) is 6.04 Å². The number of fused-ring (bicyclic) bond motifs is 1. The lowest BCUT2D eigenvalue weighted by Gasteiger charge is -2.18. The molecule has 0 aliphatic heterocycles. The predicted octanol–water partition coefficient (Wildman–Crippen LogP) is 3.34. The molecular formula is C20H22N2O2. The van der Waals surface area contributed by atoms with Gasteiger partial charge in [-0.15, -0.1) is 0 Å². The van der Waals surface area contributed by atoms with Crippen LogP contribution >= 0.6 is 0 Å². The molecule has 2 aromatic carbocycles. The molecule has 0 bridgehead atoms. The molecule has 1 aromatic heterocycles. The number of hydrogen-bond donors (Lipinski definition) is 3. The Morgan fingerprint density at radius 3 is 2.62 bits per heavy atom. The molecule has 3 N–H and O–H groups in total. The second kappa shape index (κ2) is 7.79. The second-order valence-corrected chi connectivity index (χ2v) is 5.90. The van der Waals surface area contributed by atoms with Crippen molar-refractivity contribution in [1.29, 1.82) is 0 Å². The Kier molecular flexibility index (Phi) is 5.29. The standard InChI is InChI=1S/C20H22N2O2/c23-13-12-18(15-6-2-1-3-7-15)22-20(24)11-10-16-14-21-19-9-5-4-8-17(16)19/h1-9,14,18,21,23H,10-13H2,(H,22,24). The van der Waals surface area contributed by atoms with E-state index < -0.39 is 0 Å². The van der Waals surface area contributed by atoms with E-state index in [1.807, 2.05) is 54.7 Å². The normalized spacial score (nSPS) is 12.2. The first kappa shape index (κ1) is 16.3. The molecular weight excluding hydrogens is 300 g/mol. The predicted molar refractivity (Wildman–Crippen MR) is 95.6 cm³/mol. The summed E-state index contributed by atoms with van der Waals surface area (Å²) in [6, 6.07) is 17.7. The third-order valence-corrected chi connectivity index (χ3v) is 4.25. The minimum absolute atomic E-state index is 0.00239. The fraction of sp³-hybridized carbons (Fsp3) is 0.250. The molecule has 1 atom stereocenters. The van der Waals surface area contributed by atoms with Crippen molar-refractivity contribution >= 4 is 16.8 Å². The van der Waals surface area contributed by atoms with Gasteiger partial charge in [-0.1, -0.05) is 48.5 Å². The topological polar surface area (TPSA) is 65.1 Å². The molecule has 0 radical (unpaired) electrons. The third-order valence-electron chi connectivity index (χ3n) is 4.25. The number of aryl methyl sites for hydroxylation is 1. The quantitative estimate of drug-likeness (QED) is 0.624. The molecule has 0 saturated heterocycles. The van der Waals surface area contributed by atoms with E-state index in [1.165, 1.54) is 5.39 Å². The number of H-pyrrole nitrogens is 1. The van der Waals surface area contributed by atoms with Crippen LogP contribution in [0.3, 0.4) is 0 Å². The van der Waals surface area contributed by atoms with Crippen LogP contribution in [-0.4, -0.2) is 22.6 Å². The van der Waals surface area contributed by atoms with E-state index in [0.717, 1.165) is 16.6 Å². The van der Waals surface area contributed by atoms with Crippen molar-refractivity contribution in [2.45, 2.75) is 25.3 Å². The number of aromatic nitrogens is 1. The first-order valence-corrected chi connectivity index (χ1v) is 8.28. The summed E-state index contributed by atoms with van der Waals surface area (Å²) >= 11 is 0. The minimum atomic E-state index is -0.147. The van der Waals surface area contributed by atoms with Gasteiger partial charge in [-0.2, -0.15) is 0 Å². The van der Waals surface area contributed by atoms with Gasteiger partial charge >= 0.3 is 0 Å². The highest BCUT2D eigenvalue weighted by Gasteiger charge is 2.14. The summed E-state index contributed by atoms with van der Waals surface area (Å²) in [5.41, 5.74) is 3.27. The van der Waals surface area contributed by atoms with Crippen molar-refractivity contribution in [3.05, 3.63) is 71.9 Å². The second-order valence-electron chi connectivity index (χ2n) is 5.90. The number of para-hydroxylation sites is 1. The van der Waals surface area contributed by atoms with Crippen molar-refractivity contribution in [2.24, 2.45) is 0 Å². The zero-order valence-electron chi connectivity index (χ0n) is 13.5. The van der Waals surface area contributed by atoms with Gasteiger partial charge in [0, 0.05) is 30.1 Å². The van der Waals surface area contributed by atoms with Crippen LogP contribution in [0.15, 0.2) is 60.8 Å². The van der Waals surface area contributed by atoms with Crippen LogP contribution in [0, 0.1) is 0 Å². The number of aliphatic hydroxyl groups is 1. The molecule has 1 unspecified atom stereocenters. The van der Waals surface area contributed by atoms with Crippen LogP contribution in [-0.2, 0) is 11.2 Å². The largest absolute Gasteiger partial charge is 0.396 e. The van der Waals surface area contributed by atoms with Crippen LogP contribution in [0.2, 0.25) is 0 Å². The lowest BCUT2D eigenvalue weighted by molar-refractivity contribution is -0.121. The first-order valence-electron chi connectivity index (χ1n) is 8.28. The fourth-order valence-electron chi connectivity index (χ4n) is 2.99. The average Bonchev–Trinajstić information content (AvgIpc) is 3.04. The van der Waals surface area contributed by atoms with Gasteiger partial charge in [0.1, 0.15) is 0 Å². The summed E-state index contributed by atoms with van der Waals surface area (Å²) in [6.45, 7) is 0.0439. The molecule has 4 nitrogen and oxygen atoms in total. The maximum Gasteiger partial charge on any atom is 0.220 e. The summed E-state index contributed by atoms with van der Waals surface area (Å²) in [5.74, 6) is 0.00239. The number of aromatic amines is 1. The number of aliphatic hydroxyl groups excluding tert-OH is 1. The lowest BCUT2D eigenvalue weighted by atomic mass is 10.0. The zero-order valence-corrected chi connectivity index (χ0v) is 13.5. The Bertz CT molecular complexity index is 796. The van der Waals surface area contributed by atoms with Crippen molar-refractivity contribution in [2.75, 3.05) is 6.61 Å². The van der Waals surface area contributed by atoms with E-state index in [0.29, 0.717) is 19.3 Å². The molecule has 24 heavy (non-hydrogen) atoms. The summed E-state index contributed by atoms with van der Waals surface area (Å²) in [6.07, 6.45) is 3.61. The highest BCUT2D eigenvalue weighted by atomic mass is 16.3. The van der Waals surface area contributed by atoms with Gasteiger partial charge in [-0.25, -0.2) is 0 Å². The van der Waals surface area contributed by atoms with Crippen molar-refractivity contribution in [1.82, 2.24) is 10.3 Å². The smallest absolute Gasteiger partial charge is 0.220 e. The Labute approximate surface area is 141 Å². The van der Waals surface area contributed by atoms with Crippen LogP contribution in [0.5, 0.6) is 0 Å². The van der Waals surface area contributed by atoms with Crippen molar-refractivity contribution in [3.63, 3.8) is 0 Å². The van der Waals surface area contributed by atoms with E-state index in [1.54, 1.807) is 0 Å². The summed E-state index contributed by atoms with van der Waals surface area (Å²) in [7, 11) is 0. The Morgan fingerprint density at radius 2 is 1.83 bits per heavy atom. The maximum atomic E-state index is 12.3. The number of nitrogens with one attached hydrogen (secondary N) is 2. The molecule has 0 aliphatic carbocycles. The molecule has 0 fully saturated rings. The Balaban J connectivity index is 1.62. The average molecular weight is 322 g/mol. The van der Waals surface area contributed by atoms with Crippen LogP contribution in [0.1, 0.15) is 30.0 Å². The SMILES string of the molecule is O=C(CCc1c[nH]c2ccccc12)NC(CCO)c1ccccc1. The third kappa shape index (κ3) is 3.84. The summed E-state index contributed by atoms with van der Waals surface area (Å²) < 4.78 is 0. The lowest BCUT2D eigenvalue weighted by Crippen LogP contribution is -2.29. The van der Waals surface area contributed by atoms with Crippen molar-refractivity contribution in [3.8, 4) is 0 Å². The van der Waals surface area contributed by atoms with E-state index in [2.05, 4.69) is 16.4 Å². The van der Waals surface area contributed by atoms with Gasteiger partial charge < -0.3 is 15.4 Å². The van der Waals surface area contributed by atoms with E-state index in [4.69, 9.17) is 0 Å². The van der Waals surface area contributed by atoms with Crippen molar-refractivity contribution < 1.29 is 9.90 Å². The first-order chi connectivity index (χ1) is 11.8. The van der Waals surface area contributed by atoms with Gasteiger partial charge in [-0.05, 0) is 30.0 Å². The Morgan fingerprint density at radius 1 is 1.08 bits per heavy atom. The van der Waals surface area contributed by atoms with E-state index in [-0.39, 0.29) is 18.6 Å². The summed E-state index contributed by atoms with van der Waals surface area (Å²) in [4.78, 5) is 15.6. The number of hydrogen-bond acceptors (Lipinski definition) is 2. The minimum Gasteiger partial charge on any atom is -0.396 e. The van der Waals surface area contributed by atoms with Gasteiger partial charge in [0.2, 0.25) is 5.91 Å². The number of carbonyl (C=O) groups excluding carboxylic acids is 1. The molecule has 3 rings (SSSR count). The van der Waals surface area contributed by atoms with Crippen LogP contribution in [0.4, 0.5) is 0 Å². The summed E-state index contributed by atoms with van der Waals surface area (Å²) in [5, 5.41) is 13.5. The number of rotatable bonds is 7. The molecule has 3 aromatic rings. The van der Waals surface area contributed by atoms with Gasteiger partial charge in [0.15, 0.2) is 0 Å². The van der Waals surface area contributed by atoms with Gasteiger partial charge in [-0.3, -0.25) is 4.79 Å². The van der Waals surface area contributed by atoms with E-state index in [9.17, 15) is 9.90 Å². The van der Waals surface area contributed by atoms with Gasteiger partial charge in [0.25, 0.3) is 0 Å². The molecule has 0 spiro atoms. The van der Waals surface area contributed by atoms with Crippen LogP contribution in [0.25, 0.3) is 10.9 Å². The molecule has 1 amide bonds. The zero-order chi connectivity index (χ0) is 16.8. The number of benzene rings is 2. The number of carbonyl (C=O) groups is 1. The Hall–Kier alpha value is -2.59. The van der Waals surface area contributed by atoms with E-state index >= 15 is 0 Å². The molecule has 124 valence electrons.